The van der Waals surface area contributed by atoms with Crippen LogP contribution in [0.5, 0.6) is 0 Å². The van der Waals surface area contributed by atoms with Crippen molar-refractivity contribution in [2.24, 2.45) is 30.7 Å². The summed E-state index contributed by atoms with van der Waals surface area (Å²) in [5.41, 5.74) is 14.9. The molecule has 10 aliphatic rings. The number of fused-ring (bicyclic) bond motifs is 7. The second-order valence-electron chi connectivity index (χ2n) is 36.5. The largest absolute Gasteiger partial charge is 0.365 e. The van der Waals surface area contributed by atoms with Gasteiger partial charge >= 0.3 is 0 Å². The van der Waals surface area contributed by atoms with Crippen LogP contribution in [0.2, 0.25) is 0 Å². The van der Waals surface area contributed by atoms with E-state index in [0.717, 1.165) is 62.2 Å². The first-order valence-electron chi connectivity index (χ1n) is 41.6. The lowest BCUT2D eigenvalue weighted by molar-refractivity contribution is -0.974. The van der Waals surface area contributed by atoms with Gasteiger partial charge in [0, 0.05) is 117 Å². The van der Waals surface area contributed by atoms with Crippen LogP contribution in [0.25, 0.3) is 0 Å². The summed E-state index contributed by atoms with van der Waals surface area (Å²) in [4.78, 5) is 4.14. The van der Waals surface area contributed by atoms with E-state index in [2.05, 4.69) is 261 Å². The van der Waals surface area contributed by atoms with E-state index >= 15 is 0 Å². The highest BCUT2D eigenvalue weighted by molar-refractivity contribution is 7.06. The van der Waals surface area contributed by atoms with Gasteiger partial charge in [-0.2, -0.15) is 4.68 Å². The SMILES string of the molecule is CC(C)C12CCC[N+]1(C(C)C)CCC2.CC(C)C1=C[N+](C(C)C)=C2CCNC12.CC(C)C1CC[N+]2(C(C)C)CCCC12.CC(C)N1CCc2c[n+](C(C)C)sc21.CC(C)c1c2c(n(C(C)C)[n+]1C)CCC2.CC(C)c1c[n+](C(C)C)c2n1CCOC2.CC(C)c1s[n+](C(C)C)c2c1CCC2. The van der Waals surface area contributed by atoms with Gasteiger partial charge in [-0.3, -0.25) is 0 Å². The number of rotatable bonds is 14. The molecule has 0 spiro atoms. The number of hydrogen-bond donors (Lipinski definition) is 1. The summed E-state index contributed by atoms with van der Waals surface area (Å²) in [6.07, 6.45) is 27.7. The van der Waals surface area contributed by atoms with Gasteiger partial charge in [-0.1, -0.05) is 83.1 Å². The minimum atomic E-state index is 0.514. The fraction of sp³-hybridized carbons (Fsp3) is 0.826. The van der Waals surface area contributed by atoms with Crippen molar-refractivity contribution in [3.63, 3.8) is 0 Å². The van der Waals surface area contributed by atoms with Gasteiger partial charge < -0.3 is 23.9 Å². The lowest BCUT2D eigenvalue weighted by atomic mass is 9.81. The van der Waals surface area contributed by atoms with Gasteiger partial charge in [-0.15, -0.1) is 12.6 Å². The molecular weight excluding hydrogens is 1270 g/mol. The number of nitrogens with zero attached hydrogens (tertiary/aromatic N) is 10. The minimum absolute atomic E-state index is 0.514. The summed E-state index contributed by atoms with van der Waals surface area (Å²) in [5, 5.41) is 5.08. The number of aromatic nitrogens is 6. The molecule has 5 saturated heterocycles. The average Bonchev–Trinajstić information content (AvgIpc) is 1.56. The highest BCUT2D eigenvalue weighted by atomic mass is 32.1. The third kappa shape index (κ3) is 17.1. The van der Waals surface area contributed by atoms with Crippen LogP contribution >= 0.6 is 23.1 Å². The quantitative estimate of drug-likeness (QED) is 0.101. The third-order valence-electron chi connectivity index (χ3n) is 25.7. The smallest absolute Gasteiger partial charge is 0.283 e. The van der Waals surface area contributed by atoms with E-state index in [4.69, 9.17) is 4.74 Å². The molecule has 0 amide bonds. The maximum Gasteiger partial charge on any atom is 0.283 e. The van der Waals surface area contributed by atoms with Crippen LogP contribution in [0.15, 0.2) is 24.2 Å². The van der Waals surface area contributed by atoms with Crippen LogP contribution in [-0.2, 0) is 57.0 Å². The average molecular weight is 1420 g/mol. The molecular formula is C86H156N11OS2+7. The Morgan fingerprint density at radius 3 is 1.79 bits per heavy atom. The number of imidazole rings is 1. The third-order valence-corrected chi connectivity index (χ3v) is 28.9. The molecule has 5 fully saturated rings. The second kappa shape index (κ2) is 35.0. The lowest BCUT2D eigenvalue weighted by Gasteiger charge is -2.49. The van der Waals surface area contributed by atoms with Crippen molar-refractivity contribution in [1.29, 1.82) is 0 Å². The Morgan fingerprint density at radius 1 is 0.600 bits per heavy atom. The summed E-state index contributed by atoms with van der Waals surface area (Å²) < 4.78 is 25.4. The van der Waals surface area contributed by atoms with E-state index in [1.165, 1.54) is 160 Å². The van der Waals surface area contributed by atoms with Crippen molar-refractivity contribution >= 4 is 33.8 Å². The summed E-state index contributed by atoms with van der Waals surface area (Å²) in [7, 11) is 2.22. The van der Waals surface area contributed by atoms with Crippen molar-refractivity contribution < 1.29 is 35.4 Å². The topological polar surface area (TPSA) is 52.9 Å². The van der Waals surface area contributed by atoms with Crippen molar-refractivity contribution in [3.05, 3.63) is 74.3 Å². The molecule has 4 aromatic heterocycles. The van der Waals surface area contributed by atoms with E-state index < -0.39 is 0 Å². The Balaban J connectivity index is 0.000000148. The van der Waals surface area contributed by atoms with Crippen molar-refractivity contribution in [2.45, 2.75) is 387 Å². The maximum absolute atomic E-state index is 5.54. The van der Waals surface area contributed by atoms with Crippen molar-refractivity contribution in [1.82, 2.24) is 14.6 Å². The van der Waals surface area contributed by atoms with Crippen LogP contribution in [-0.4, -0.2) is 116 Å². The number of quaternary nitrogens is 2. The molecule has 2 aliphatic carbocycles. The van der Waals surface area contributed by atoms with E-state index in [9.17, 15) is 0 Å². The molecule has 4 aromatic rings. The van der Waals surface area contributed by atoms with Crippen LogP contribution in [0, 0.1) is 23.7 Å². The zero-order valence-corrected chi connectivity index (χ0v) is 71.8. The first kappa shape index (κ1) is 82.4. The zero-order valence-electron chi connectivity index (χ0n) is 70.2. The molecule has 12 nitrogen and oxygen atoms in total. The van der Waals surface area contributed by atoms with Crippen LogP contribution < -0.4 is 27.4 Å². The number of hydrogen-bond acceptors (Lipinski definition) is 5. The fourth-order valence-corrected chi connectivity index (χ4v) is 23.3. The standard InChI is InChI=1S/C13H23N2.2C13H26N.C12H21N2O.C12H21N2.C12H20NS.C11H19N2S/c1-9(2)13-11-7-6-8-12(11)15(10(3)4)14(13)5;1-11(2)13-7-5-9-14(13,12(3)4)10-6-8-13;1-10(2)12-7-9-14(11(3)4)8-5-6-13(12)14;1-9(2)11-7-14(10(3)4)12-8-15-6-5-13(11)12;1-8(2)10-7-14(9(3)4)11-5-6-13-12(10)11;1-8(2)12-10-6-5-7-11(10)13(14-12)9(3)4;1-8(2)12-6-5-10-7-13(9(3)4)14-11(10)12/h9-10H,6-8H2,1-5H3;11-12H,5-10H2,1-4H3;10-13H,5-9H2,1-4H3;7,9-10H,5-6,8H2,1-4H3;7-9,12-13H,5-6H2,1-4H3;8-9H,5-7H2,1-4H3;7-9H,5-6H2,1-4H3/q7*+1. The van der Waals surface area contributed by atoms with Gasteiger partial charge in [0.2, 0.25) is 5.69 Å². The number of nitrogens with one attached hydrogen (secondary N) is 1. The highest BCUT2D eigenvalue weighted by Gasteiger charge is 2.61. The summed E-state index contributed by atoms with van der Waals surface area (Å²) in [6, 6.07) is 6.81. The van der Waals surface area contributed by atoms with Gasteiger partial charge in [0.1, 0.15) is 48.2 Å². The van der Waals surface area contributed by atoms with Crippen molar-refractivity contribution in [3.8, 4) is 0 Å². The molecule has 0 bridgehead atoms. The van der Waals surface area contributed by atoms with E-state index in [1.54, 1.807) is 44.4 Å². The van der Waals surface area contributed by atoms with Gasteiger partial charge in [-0.05, 0) is 167 Å². The first-order chi connectivity index (χ1) is 47.1. The van der Waals surface area contributed by atoms with Crippen molar-refractivity contribution in [2.75, 3.05) is 50.8 Å². The Kier molecular flexibility index (Phi) is 28.8. The molecule has 12 heterocycles. The molecule has 100 heavy (non-hydrogen) atoms. The molecule has 0 radical (unpaired) electrons. The van der Waals surface area contributed by atoms with Crippen LogP contribution in [0.4, 0.5) is 5.00 Å². The molecule has 0 saturated carbocycles. The van der Waals surface area contributed by atoms with Crippen LogP contribution in [0.1, 0.15) is 350 Å². The molecule has 14 rings (SSSR count). The predicted molar refractivity (Wildman–Crippen MR) is 425 cm³/mol. The monoisotopic (exact) mass is 1420 g/mol. The minimum Gasteiger partial charge on any atom is -0.365 e. The Hall–Kier alpha value is -3.27. The molecule has 566 valence electrons. The second-order valence-corrected chi connectivity index (χ2v) is 38.5. The highest BCUT2D eigenvalue weighted by Crippen LogP contribution is 2.52. The molecule has 8 aliphatic heterocycles. The summed E-state index contributed by atoms with van der Waals surface area (Å²) in [6.45, 7) is 75.7. The van der Waals surface area contributed by atoms with Gasteiger partial charge in [0.25, 0.3) is 5.82 Å². The Bertz CT molecular complexity index is 3200. The summed E-state index contributed by atoms with van der Waals surface area (Å²) >= 11 is 3.90. The molecule has 1 N–H and O–H groups in total. The van der Waals surface area contributed by atoms with E-state index in [-0.39, 0.29) is 0 Å². The Labute approximate surface area is 622 Å². The summed E-state index contributed by atoms with van der Waals surface area (Å²) in [5.74, 6) is 6.69. The van der Waals surface area contributed by atoms with E-state index in [1.807, 2.05) is 23.1 Å². The molecule has 14 heteroatoms. The van der Waals surface area contributed by atoms with Gasteiger partial charge in [-0.25, -0.2) is 13.7 Å². The molecule has 0 aromatic carbocycles. The fourth-order valence-electron chi connectivity index (χ4n) is 20.8. The maximum atomic E-state index is 5.54. The van der Waals surface area contributed by atoms with E-state index in [0.29, 0.717) is 71.5 Å². The zero-order chi connectivity index (χ0) is 73.8. The molecule has 4 atom stereocenters. The molecule has 4 unspecified atom stereocenters. The van der Waals surface area contributed by atoms with Gasteiger partial charge in [0.15, 0.2) is 65.5 Å². The normalized spacial score (nSPS) is 24.7. The van der Waals surface area contributed by atoms with Gasteiger partial charge in [0.05, 0.1) is 79.1 Å². The first-order valence-corrected chi connectivity index (χ1v) is 43.2. The lowest BCUT2D eigenvalue weighted by Crippen LogP contribution is -2.62. The Morgan fingerprint density at radius 2 is 1.26 bits per heavy atom. The number of ether oxygens (including phenoxy) is 1. The predicted octanol–water partition coefficient (Wildman–Crippen LogP) is 18.1. The van der Waals surface area contributed by atoms with Crippen LogP contribution in [0.3, 0.4) is 0 Å². The number of anilines is 1.